The minimum absolute atomic E-state index is 0.0722. The molecule has 0 aliphatic rings. The third-order valence-corrected chi connectivity index (χ3v) is 4.06. The van der Waals surface area contributed by atoms with Crippen LogP contribution in [-0.2, 0) is 4.79 Å². The Kier molecular flexibility index (Phi) is 7.24. The van der Waals surface area contributed by atoms with Gasteiger partial charge in [0.2, 0.25) is 5.91 Å². The molecule has 0 aliphatic heterocycles. The average molecular weight is 293 g/mol. The maximum Gasteiger partial charge on any atom is 0.236 e. The lowest BCUT2D eigenvalue weighted by molar-refractivity contribution is -0.133. The highest BCUT2D eigenvalue weighted by Crippen LogP contribution is 2.16. The summed E-state index contributed by atoms with van der Waals surface area (Å²) in [5.74, 6) is 0.528. The van der Waals surface area contributed by atoms with Gasteiger partial charge in [-0.05, 0) is 33.9 Å². The second kappa shape index (κ2) is 7.28. The van der Waals surface area contributed by atoms with Crippen molar-refractivity contribution in [1.82, 2.24) is 9.80 Å². The van der Waals surface area contributed by atoms with Crippen molar-refractivity contribution in [3.8, 4) is 0 Å². The Hall–Kier alpha value is -0.0900. The molecule has 0 saturated carbocycles. The normalized spacial score (nSPS) is 15.3. The number of hydrogen-bond acceptors (Lipinski definition) is 2. The second-order valence-electron chi connectivity index (χ2n) is 4.88. The van der Waals surface area contributed by atoms with Crippen LogP contribution in [0.3, 0.4) is 0 Å². The van der Waals surface area contributed by atoms with Crippen LogP contribution in [0.1, 0.15) is 27.7 Å². The van der Waals surface area contributed by atoms with Gasteiger partial charge in [0.15, 0.2) is 0 Å². The van der Waals surface area contributed by atoms with E-state index in [-0.39, 0.29) is 16.8 Å². The smallest absolute Gasteiger partial charge is 0.236 e. The standard InChI is InChI=1S/C12H25BrN2O/c1-7-15(10(4)8-14(5)6)12(16)11(13)9(2)3/h9-11H,7-8H2,1-6H3. The van der Waals surface area contributed by atoms with E-state index in [9.17, 15) is 4.79 Å². The predicted molar refractivity (Wildman–Crippen MR) is 73.0 cm³/mol. The Morgan fingerprint density at radius 3 is 2.06 bits per heavy atom. The van der Waals surface area contributed by atoms with Crippen LogP contribution >= 0.6 is 15.9 Å². The largest absolute Gasteiger partial charge is 0.338 e. The summed E-state index contributed by atoms with van der Waals surface area (Å²) in [7, 11) is 4.06. The molecule has 0 radical (unpaired) electrons. The van der Waals surface area contributed by atoms with E-state index in [2.05, 4.69) is 41.6 Å². The average Bonchev–Trinajstić information content (AvgIpc) is 2.16. The summed E-state index contributed by atoms with van der Waals surface area (Å²) in [6, 6.07) is 0.256. The van der Waals surface area contributed by atoms with Gasteiger partial charge in [-0.2, -0.15) is 0 Å². The number of likely N-dealkylation sites (N-methyl/N-ethyl adjacent to an activating group) is 2. The third-order valence-electron chi connectivity index (χ3n) is 2.61. The third kappa shape index (κ3) is 4.83. The number of carbonyl (C=O) groups is 1. The Morgan fingerprint density at radius 1 is 1.25 bits per heavy atom. The molecule has 3 nitrogen and oxygen atoms in total. The molecule has 0 rings (SSSR count). The molecule has 0 aromatic carbocycles. The number of amides is 1. The number of carbonyl (C=O) groups excluding carboxylic acids is 1. The molecule has 1 amide bonds. The Balaban J connectivity index is 4.53. The topological polar surface area (TPSA) is 23.6 Å². The second-order valence-corrected chi connectivity index (χ2v) is 5.87. The molecule has 4 heteroatoms. The van der Waals surface area contributed by atoms with Gasteiger partial charge in [-0.1, -0.05) is 29.8 Å². The zero-order valence-electron chi connectivity index (χ0n) is 11.3. The highest BCUT2D eigenvalue weighted by molar-refractivity contribution is 9.10. The van der Waals surface area contributed by atoms with E-state index in [1.807, 2.05) is 25.9 Å². The van der Waals surface area contributed by atoms with E-state index >= 15 is 0 Å². The number of halogens is 1. The fourth-order valence-corrected chi connectivity index (χ4v) is 2.02. The van der Waals surface area contributed by atoms with Gasteiger partial charge in [-0.15, -0.1) is 0 Å². The maximum atomic E-state index is 12.2. The Morgan fingerprint density at radius 2 is 1.75 bits per heavy atom. The van der Waals surface area contributed by atoms with E-state index in [0.717, 1.165) is 13.1 Å². The zero-order chi connectivity index (χ0) is 12.9. The Bertz CT molecular complexity index is 219. The van der Waals surface area contributed by atoms with E-state index in [0.29, 0.717) is 5.92 Å². The molecule has 0 aromatic heterocycles. The fraction of sp³-hybridized carbons (Fsp3) is 0.917. The van der Waals surface area contributed by atoms with E-state index in [1.54, 1.807) is 0 Å². The highest BCUT2D eigenvalue weighted by atomic mass is 79.9. The number of rotatable bonds is 6. The first-order valence-corrected chi connectivity index (χ1v) is 6.82. The van der Waals surface area contributed by atoms with Gasteiger partial charge < -0.3 is 9.80 Å². The van der Waals surface area contributed by atoms with Crippen molar-refractivity contribution < 1.29 is 4.79 Å². The molecule has 0 bridgehead atoms. The monoisotopic (exact) mass is 292 g/mol. The van der Waals surface area contributed by atoms with Gasteiger partial charge in [-0.25, -0.2) is 0 Å². The van der Waals surface area contributed by atoms with E-state index in [4.69, 9.17) is 0 Å². The summed E-state index contributed by atoms with van der Waals surface area (Å²) >= 11 is 3.48. The highest BCUT2D eigenvalue weighted by Gasteiger charge is 2.26. The maximum absolute atomic E-state index is 12.2. The van der Waals surface area contributed by atoms with Crippen LogP contribution in [0.4, 0.5) is 0 Å². The molecular formula is C12H25BrN2O. The molecule has 16 heavy (non-hydrogen) atoms. The Labute approximate surface area is 108 Å². The molecule has 0 heterocycles. The van der Waals surface area contributed by atoms with Gasteiger partial charge in [0.25, 0.3) is 0 Å². The van der Waals surface area contributed by atoms with Gasteiger partial charge in [0.1, 0.15) is 0 Å². The SMILES string of the molecule is CCN(C(=O)C(Br)C(C)C)C(C)CN(C)C. The summed E-state index contributed by atoms with van der Waals surface area (Å²) in [6.45, 7) is 9.91. The first kappa shape index (κ1) is 15.9. The summed E-state index contributed by atoms with van der Waals surface area (Å²) in [5.41, 5.74) is 0. The number of hydrogen-bond donors (Lipinski definition) is 0. The molecule has 0 N–H and O–H groups in total. The minimum atomic E-state index is -0.0722. The van der Waals surface area contributed by atoms with Crippen LogP contribution in [0.15, 0.2) is 0 Å². The molecular weight excluding hydrogens is 268 g/mol. The lowest BCUT2D eigenvalue weighted by atomic mass is 10.1. The van der Waals surface area contributed by atoms with Gasteiger partial charge in [-0.3, -0.25) is 4.79 Å². The first-order chi connectivity index (χ1) is 7.31. The van der Waals surface area contributed by atoms with Crippen LogP contribution in [0.5, 0.6) is 0 Å². The van der Waals surface area contributed by atoms with Gasteiger partial charge >= 0.3 is 0 Å². The molecule has 0 spiro atoms. The van der Waals surface area contributed by atoms with Crippen molar-refractivity contribution in [3.63, 3.8) is 0 Å². The van der Waals surface area contributed by atoms with Crippen molar-refractivity contribution >= 4 is 21.8 Å². The molecule has 96 valence electrons. The molecule has 0 saturated heterocycles. The predicted octanol–water partition coefficient (Wildman–Crippen LogP) is 2.20. The van der Waals surface area contributed by atoms with Crippen molar-refractivity contribution in [1.29, 1.82) is 0 Å². The summed E-state index contributed by atoms with van der Waals surface area (Å²) in [5, 5.41) is 0. The van der Waals surface area contributed by atoms with Crippen molar-refractivity contribution in [2.75, 3.05) is 27.2 Å². The summed E-state index contributed by atoms with van der Waals surface area (Å²) in [6.07, 6.45) is 0. The molecule has 0 aliphatic carbocycles. The van der Waals surface area contributed by atoms with Crippen molar-refractivity contribution in [2.45, 2.75) is 38.6 Å². The van der Waals surface area contributed by atoms with E-state index < -0.39 is 0 Å². The first-order valence-electron chi connectivity index (χ1n) is 5.90. The fourth-order valence-electron chi connectivity index (χ4n) is 1.76. The molecule has 0 fully saturated rings. The van der Waals surface area contributed by atoms with Crippen molar-refractivity contribution in [2.24, 2.45) is 5.92 Å². The van der Waals surface area contributed by atoms with Crippen molar-refractivity contribution in [3.05, 3.63) is 0 Å². The van der Waals surface area contributed by atoms with Crippen LogP contribution in [-0.4, -0.2) is 53.8 Å². The van der Waals surface area contributed by atoms with E-state index in [1.165, 1.54) is 0 Å². The molecule has 2 atom stereocenters. The number of nitrogens with zero attached hydrogens (tertiary/aromatic N) is 2. The quantitative estimate of drug-likeness (QED) is 0.701. The zero-order valence-corrected chi connectivity index (χ0v) is 12.9. The number of alkyl halides is 1. The van der Waals surface area contributed by atoms with Gasteiger partial charge in [0, 0.05) is 19.1 Å². The lowest BCUT2D eigenvalue weighted by Gasteiger charge is -2.32. The summed E-state index contributed by atoms with van der Waals surface area (Å²) < 4.78 is 0. The minimum Gasteiger partial charge on any atom is -0.338 e. The van der Waals surface area contributed by atoms with Gasteiger partial charge in [0.05, 0.1) is 4.83 Å². The lowest BCUT2D eigenvalue weighted by Crippen LogP contribution is -2.47. The van der Waals surface area contributed by atoms with Crippen LogP contribution in [0, 0.1) is 5.92 Å². The van der Waals surface area contributed by atoms with Crippen LogP contribution < -0.4 is 0 Å². The van der Waals surface area contributed by atoms with Crippen LogP contribution in [0.2, 0.25) is 0 Å². The summed E-state index contributed by atoms with van der Waals surface area (Å²) in [4.78, 5) is 16.2. The van der Waals surface area contributed by atoms with Crippen LogP contribution in [0.25, 0.3) is 0 Å². The molecule has 2 unspecified atom stereocenters. The molecule has 0 aromatic rings.